The van der Waals surface area contributed by atoms with E-state index in [4.69, 9.17) is 4.42 Å². The average molecular weight is 280 g/mol. The smallest absolute Gasteiger partial charge is 0.373 e. The van der Waals surface area contributed by atoms with Crippen molar-refractivity contribution in [2.75, 3.05) is 33.3 Å². The molecule has 2 rings (SSSR count). The van der Waals surface area contributed by atoms with E-state index in [0.29, 0.717) is 0 Å². The first kappa shape index (κ1) is 15.1. The molecule has 0 bridgehead atoms. The Labute approximate surface area is 120 Å². The Morgan fingerprint density at radius 1 is 1.45 bits per heavy atom. The number of carbonyl (C=O) groups excluding carboxylic acids is 1. The van der Waals surface area contributed by atoms with E-state index in [9.17, 15) is 4.79 Å². The lowest BCUT2D eigenvalue weighted by atomic mass is 10.2. The van der Waals surface area contributed by atoms with E-state index in [1.807, 2.05) is 13.0 Å². The highest BCUT2D eigenvalue weighted by Crippen LogP contribution is 2.17. The first-order valence-corrected chi connectivity index (χ1v) is 7.34. The molecule has 1 aromatic heterocycles. The lowest BCUT2D eigenvalue weighted by Gasteiger charge is -2.16. The zero-order valence-electron chi connectivity index (χ0n) is 12.4. The van der Waals surface area contributed by atoms with Crippen molar-refractivity contribution < 1.29 is 13.9 Å². The van der Waals surface area contributed by atoms with Gasteiger partial charge in [0.2, 0.25) is 5.76 Å². The predicted molar refractivity (Wildman–Crippen MR) is 76.8 cm³/mol. The van der Waals surface area contributed by atoms with Gasteiger partial charge in [0.25, 0.3) is 0 Å². The maximum atomic E-state index is 11.3. The minimum Gasteiger partial charge on any atom is -0.463 e. The summed E-state index contributed by atoms with van der Waals surface area (Å²) >= 11 is 0. The van der Waals surface area contributed by atoms with Crippen LogP contribution in [0.5, 0.6) is 0 Å². The number of hydrogen-bond acceptors (Lipinski definition) is 5. The van der Waals surface area contributed by atoms with Gasteiger partial charge < -0.3 is 19.4 Å². The number of furan rings is 1. The first-order valence-electron chi connectivity index (χ1n) is 7.34. The van der Waals surface area contributed by atoms with Crippen LogP contribution in [-0.2, 0) is 4.74 Å². The van der Waals surface area contributed by atoms with E-state index in [1.54, 1.807) is 6.07 Å². The van der Waals surface area contributed by atoms with Gasteiger partial charge in [-0.2, -0.15) is 0 Å². The van der Waals surface area contributed by atoms with Crippen molar-refractivity contribution in [2.45, 2.75) is 32.2 Å². The van der Waals surface area contributed by atoms with Crippen molar-refractivity contribution in [3.63, 3.8) is 0 Å². The Morgan fingerprint density at radius 3 is 2.90 bits per heavy atom. The maximum Gasteiger partial charge on any atom is 0.373 e. The molecule has 0 saturated carbocycles. The fraction of sp³-hybridized carbons (Fsp3) is 0.667. The zero-order chi connectivity index (χ0) is 14.4. The molecule has 1 aromatic rings. The highest BCUT2D eigenvalue weighted by atomic mass is 16.5. The van der Waals surface area contributed by atoms with Crippen molar-refractivity contribution >= 4 is 5.97 Å². The SMILES string of the molecule is COC(=O)c1ccc(C(C)NCCCN2CCCC2)o1. The molecule has 0 spiro atoms. The van der Waals surface area contributed by atoms with Gasteiger partial charge in [0.05, 0.1) is 13.2 Å². The molecule has 1 aliphatic rings. The number of hydrogen-bond donors (Lipinski definition) is 1. The Bertz CT molecular complexity index is 425. The lowest BCUT2D eigenvalue weighted by Crippen LogP contribution is -2.26. The molecular formula is C15H24N2O3. The third-order valence-corrected chi connectivity index (χ3v) is 3.74. The molecule has 112 valence electrons. The van der Waals surface area contributed by atoms with Gasteiger partial charge in [0.1, 0.15) is 5.76 Å². The molecule has 0 aromatic carbocycles. The Morgan fingerprint density at radius 2 is 2.20 bits per heavy atom. The molecule has 2 heterocycles. The van der Waals surface area contributed by atoms with Gasteiger partial charge in [-0.1, -0.05) is 0 Å². The van der Waals surface area contributed by atoms with E-state index >= 15 is 0 Å². The van der Waals surface area contributed by atoms with Crippen LogP contribution in [0.25, 0.3) is 0 Å². The van der Waals surface area contributed by atoms with Crippen LogP contribution >= 0.6 is 0 Å². The van der Waals surface area contributed by atoms with Crippen LogP contribution in [0.4, 0.5) is 0 Å². The van der Waals surface area contributed by atoms with Crippen molar-refractivity contribution in [3.8, 4) is 0 Å². The molecular weight excluding hydrogens is 256 g/mol. The number of nitrogens with zero attached hydrogens (tertiary/aromatic N) is 1. The average Bonchev–Trinajstić information content (AvgIpc) is 3.13. The monoisotopic (exact) mass is 280 g/mol. The van der Waals surface area contributed by atoms with Gasteiger partial charge in [-0.3, -0.25) is 0 Å². The largest absolute Gasteiger partial charge is 0.463 e. The highest BCUT2D eigenvalue weighted by molar-refractivity contribution is 5.86. The Kier molecular flexibility index (Phi) is 5.61. The lowest BCUT2D eigenvalue weighted by molar-refractivity contribution is 0.0562. The van der Waals surface area contributed by atoms with Gasteiger partial charge >= 0.3 is 5.97 Å². The molecule has 1 aliphatic heterocycles. The second-order valence-electron chi connectivity index (χ2n) is 5.27. The molecule has 5 heteroatoms. The van der Waals surface area contributed by atoms with Crippen molar-refractivity contribution in [3.05, 3.63) is 23.7 Å². The molecule has 1 N–H and O–H groups in total. The fourth-order valence-corrected chi connectivity index (χ4v) is 2.52. The van der Waals surface area contributed by atoms with E-state index in [0.717, 1.165) is 25.3 Å². The summed E-state index contributed by atoms with van der Waals surface area (Å²) < 4.78 is 10.1. The number of esters is 1. The van der Waals surface area contributed by atoms with E-state index in [1.165, 1.54) is 33.0 Å². The summed E-state index contributed by atoms with van der Waals surface area (Å²) in [6.07, 6.45) is 3.81. The molecule has 1 saturated heterocycles. The zero-order valence-corrected chi connectivity index (χ0v) is 12.4. The summed E-state index contributed by atoms with van der Waals surface area (Å²) in [6.45, 7) is 6.64. The highest BCUT2D eigenvalue weighted by Gasteiger charge is 2.15. The van der Waals surface area contributed by atoms with Crippen LogP contribution in [-0.4, -0.2) is 44.2 Å². The Hall–Kier alpha value is -1.33. The van der Waals surface area contributed by atoms with Crippen molar-refractivity contribution in [1.29, 1.82) is 0 Å². The van der Waals surface area contributed by atoms with Crippen LogP contribution in [0.15, 0.2) is 16.5 Å². The summed E-state index contributed by atoms with van der Waals surface area (Å²) in [4.78, 5) is 13.8. The van der Waals surface area contributed by atoms with Crippen LogP contribution in [0.3, 0.4) is 0 Å². The van der Waals surface area contributed by atoms with Gasteiger partial charge in [0.15, 0.2) is 0 Å². The summed E-state index contributed by atoms with van der Waals surface area (Å²) in [7, 11) is 1.35. The standard InChI is InChI=1S/C15H24N2O3/c1-12(13-6-7-14(20-13)15(18)19-2)16-8-5-11-17-9-3-4-10-17/h6-7,12,16H,3-5,8-11H2,1-2H3. The van der Waals surface area contributed by atoms with Crippen molar-refractivity contribution in [2.24, 2.45) is 0 Å². The molecule has 5 nitrogen and oxygen atoms in total. The number of likely N-dealkylation sites (tertiary alicyclic amines) is 1. The molecule has 0 radical (unpaired) electrons. The summed E-state index contributed by atoms with van der Waals surface area (Å²) in [6, 6.07) is 3.58. The van der Waals surface area contributed by atoms with Crippen LogP contribution < -0.4 is 5.32 Å². The van der Waals surface area contributed by atoms with Crippen LogP contribution in [0.1, 0.15) is 48.5 Å². The molecule has 1 fully saturated rings. The number of nitrogens with one attached hydrogen (secondary N) is 1. The summed E-state index contributed by atoms with van der Waals surface area (Å²) in [5.74, 6) is 0.595. The normalized spacial score (nSPS) is 17.3. The second-order valence-corrected chi connectivity index (χ2v) is 5.27. The minimum atomic E-state index is -0.433. The number of rotatable bonds is 7. The molecule has 1 unspecified atom stereocenters. The van der Waals surface area contributed by atoms with Crippen LogP contribution in [0.2, 0.25) is 0 Å². The summed E-state index contributed by atoms with van der Waals surface area (Å²) in [5, 5.41) is 3.42. The quantitative estimate of drug-likeness (QED) is 0.613. The minimum absolute atomic E-state index is 0.104. The molecule has 0 amide bonds. The maximum absolute atomic E-state index is 11.3. The van der Waals surface area contributed by atoms with E-state index in [2.05, 4.69) is 15.0 Å². The van der Waals surface area contributed by atoms with Gasteiger partial charge in [-0.15, -0.1) is 0 Å². The van der Waals surface area contributed by atoms with E-state index in [-0.39, 0.29) is 11.8 Å². The molecule has 20 heavy (non-hydrogen) atoms. The third kappa shape index (κ3) is 4.08. The fourth-order valence-electron chi connectivity index (χ4n) is 2.52. The Balaban J connectivity index is 1.69. The third-order valence-electron chi connectivity index (χ3n) is 3.74. The molecule has 0 aliphatic carbocycles. The number of ether oxygens (including phenoxy) is 1. The van der Waals surface area contributed by atoms with Crippen molar-refractivity contribution in [1.82, 2.24) is 10.2 Å². The first-order chi connectivity index (χ1) is 9.70. The number of carbonyl (C=O) groups is 1. The number of methoxy groups -OCH3 is 1. The second kappa shape index (κ2) is 7.45. The van der Waals surface area contributed by atoms with Gasteiger partial charge in [0, 0.05) is 0 Å². The van der Waals surface area contributed by atoms with Crippen LogP contribution in [0, 0.1) is 0 Å². The van der Waals surface area contributed by atoms with E-state index < -0.39 is 5.97 Å². The van der Waals surface area contributed by atoms with Gasteiger partial charge in [-0.05, 0) is 64.5 Å². The van der Waals surface area contributed by atoms with Gasteiger partial charge in [-0.25, -0.2) is 4.79 Å². The molecule has 1 atom stereocenters. The predicted octanol–water partition coefficient (Wildman–Crippen LogP) is 2.20. The summed E-state index contributed by atoms with van der Waals surface area (Å²) in [5.41, 5.74) is 0. The topological polar surface area (TPSA) is 54.7 Å².